The van der Waals surface area contributed by atoms with E-state index in [-0.39, 0.29) is 17.6 Å². The molecule has 3 heteroatoms. The molecule has 2 N–H and O–H groups in total. The zero-order valence-electron chi connectivity index (χ0n) is 6.47. The first-order valence-electron chi connectivity index (χ1n) is 4.19. The predicted octanol–water partition coefficient (Wildman–Crippen LogP) is 0.180. The Morgan fingerprint density at radius 1 is 1.45 bits per heavy atom. The Balaban J connectivity index is 1.92. The van der Waals surface area contributed by atoms with Crippen LogP contribution in [0.4, 0.5) is 0 Å². The zero-order valence-corrected chi connectivity index (χ0v) is 6.47. The fourth-order valence-electron chi connectivity index (χ4n) is 2.04. The third-order valence-electron chi connectivity index (χ3n) is 2.82. The summed E-state index contributed by atoms with van der Waals surface area (Å²) in [6, 6.07) is 0. The highest BCUT2D eigenvalue weighted by Crippen LogP contribution is 2.35. The minimum absolute atomic E-state index is 0.0936. The van der Waals surface area contributed by atoms with Crippen molar-refractivity contribution in [3.05, 3.63) is 0 Å². The number of carbonyl (C=O) groups is 1. The van der Waals surface area contributed by atoms with E-state index in [0.29, 0.717) is 6.42 Å². The molecule has 11 heavy (non-hydrogen) atoms. The second-order valence-electron chi connectivity index (χ2n) is 3.74. The van der Waals surface area contributed by atoms with Crippen molar-refractivity contribution < 1.29 is 9.90 Å². The molecule has 0 unspecified atom stereocenters. The molecule has 1 saturated heterocycles. The van der Waals surface area contributed by atoms with E-state index in [4.69, 9.17) is 0 Å². The number of aliphatic hydroxyl groups is 1. The van der Waals surface area contributed by atoms with Gasteiger partial charge in [-0.05, 0) is 25.7 Å². The van der Waals surface area contributed by atoms with E-state index in [1.807, 2.05) is 0 Å². The van der Waals surface area contributed by atoms with Gasteiger partial charge in [0.05, 0.1) is 6.10 Å². The summed E-state index contributed by atoms with van der Waals surface area (Å²) in [4.78, 5) is 10.7. The Bertz CT molecular complexity index is 173. The second-order valence-corrected chi connectivity index (χ2v) is 3.74. The van der Waals surface area contributed by atoms with Crippen LogP contribution in [0.2, 0.25) is 0 Å². The highest BCUT2D eigenvalue weighted by atomic mass is 16.3. The number of aliphatic hydroxyl groups excluding tert-OH is 1. The lowest BCUT2D eigenvalue weighted by molar-refractivity contribution is -0.135. The third-order valence-corrected chi connectivity index (χ3v) is 2.82. The van der Waals surface area contributed by atoms with Gasteiger partial charge in [0.1, 0.15) is 0 Å². The van der Waals surface area contributed by atoms with Crippen LogP contribution in [0.25, 0.3) is 0 Å². The predicted molar refractivity (Wildman–Crippen MR) is 40.0 cm³/mol. The SMILES string of the molecule is O=C1CC2(CCC(O)CC2)N1. The van der Waals surface area contributed by atoms with Crippen molar-refractivity contribution in [2.45, 2.75) is 43.7 Å². The highest BCUT2D eigenvalue weighted by Gasteiger charge is 2.44. The summed E-state index contributed by atoms with van der Waals surface area (Å²) in [5.74, 6) is 0.168. The van der Waals surface area contributed by atoms with Crippen LogP contribution >= 0.6 is 0 Å². The summed E-state index contributed by atoms with van der Waals surface area (Å²) < 4.78 is 0. The molecule has 0 aromatic rings. The fraction of sp³-hybridized carbons (Fsp3) is 0.875. The van der Waals surface area contributed by atoms with E-state index in [0.717, 1.165) is 25.7 Å². The van der Waals surface area contributed by atoms with Gasteiger partial charge in [0.15, 0.2) is 0 Å². The van der Waals surface area contributed by atoms with Crippen molar-refractivity contribution >= 4 is 5.91 Å². The number of hydrogen-bond donors (Lipinski definition) is 2. The lowest BCUT2D eigenvalue weighted by Crippen LogP contribution is -2.62. The number of hydrogen-bond acceptors (Lipinski definition) is 2. The van der Waals surface area contributed by atoms with Crippen molar-refractivity contribution in [1.82, 2.24) is 5.32 Å². The van der Waals surface area contributed by atoms with Crippen molar-refractivity contribution in [3.8, 4) is 0 Å². The maximum Gasteiger partial charge on any atom is 0.222 e. The summed E-state index contributed by atoms with van der Waals surface area (Å²) >= 11 is 0. The fourth-order valence-corrected chi connectivity index (χ4v) is 2.04. The van der Waals surface area contributed by atoms with Gasteiger partial charge in [0, 0.05) is 12.0 Å². The minimum Gasteiger partial charge on any atom is -0.393 e. The molecule has 0 aromatic carbocycles. The molecule has 2 rings (SSSR count). The maximum atomic E-state index is 10.7. The molecule has 1 spiro atoms. The first-order chi connectivity index (χ1) is 5.20. The summed E-state index contributed by atoms with van der Waals surface area (Å²) in [6.45, 7) is 0. The van der Waals surface area contributed by atoms with Crippen LogP contribution in [0.1, 0.15) is 32.1 Å². The molecule has 0 bridgehead atoms. The van der Waals surface area contributed by atoms with Crippen molar-refractivity contribution in [2.75, 3.05) is 0 Å². The van der Waals surface area contributed by atoms with Crippen LogP contribution in [0.15, 0.2) is 0 Å². The number of nitrogens with one attached hydrogen (secondary N) is 1. The summed E-state index contributed by atoms with van der Waals surface area (Å²) in [7, 11) is 0. The van der Waals surface area contributed by atoms with E-state index in [1.54, 1.807) is 0 Å². The molecular formula is C8H13NO2. The van der Waals surface area contributed by atoms with Crippen molar-refractivity contribution in [2.24, 2.45) is 0 Å². The molecular weight excluding hydrogens is 142 g/mol. The number of amides is 1. The van der Waals surface area contributed by atoms with Crippen molar-refractivity contribution in [1.29, 1.82) is 0 Å². The van der Waals surface area contributed by atoms with E-state index in [2.05, 4.69) is 5.32 Å². The van der Waals surface area contributed by atoms with Crippen LogP contribution in [0.3, 0.4) is 0 Å². The summed E-state index contributed by atoms with van der Waals surface area (Å²) in [5.41, 5.74) is 0.0936. The molecule has 1 aliphatic carbocycles. The first kappa shape index (κ1) is 7.10. The molecule has 2 fully saturated rings. The van der Waals surface area contributed by atoms with Gasteiger partial charge in [-0.15, -0.1) is 0 Å². The van der Waals surface area contributed by atoms with Crippen LogP contribution in [-0.2, 0) is 4.79 Å². The Morgan fingerprint density at radius 3 is 2.45 bits per heavy atom. The summed E-state index contributed by atoms with van der Waals surface area (Å²) in [5, 5.41) is 12.1. The van der Waals surface area contributed by atoms with Gasteiger partial charge < -0.3 is 10.4 Å². The molecule has 1 heterocycles. The van der Waals surface area contributed by atoms with E-state index in [1.165, 1.54) is 0 Å². The Labute approximate surface area is 65.8 Å². The number of rotatable bonds is 0. The molecule has 0 aromatic heterocycles. The maximum absolute atomic E-state index is 10.7. The Hall–Kier alpha value is -0.570. The topological polar surface area (TPSA) is 49.3 Å². The average Bonchev–Trinajstić information content (AvgIpc) is 1.92. The van der Waals surface area contributed by atoms with Crippen LogP contribution in [0.5, 0.6) is 0 Å². The zero-order chi connectivity index (χ0) is 7.90. The van der Waals surface area contributed by atoms with Crippen molar-refractivity contribution in [3.63, 3.8) is 0 Å². The highest BCUT2D eigenvalue weighted by molar-refractivity contribution is 5.84. The van der Waals surface area contributed by atoms with E-state index in [9.17, 15) is 9.90 Å². The number of carbonyl (C=O) groups excluding carboxylic acids is 1. The van der Waals surface area contributed by atoms with Gasteiger partial charge in [-0.25, -0.2) is 0 Å². The molecule has 0 radical (unpaired) electrons. The third kappa shape index (κ3) is 1.13. The average molecular weight is 155 g/mol. The first-order valence-corrected chi connectivity index (χ1v) is 4.19. The lowest BCUT2D eigenvalue weighted by atomic mass is 9.73. The van der Waals surface area contributed by atoms with Gasteiger partial charge in [-0.3, -0.25) is 4.79 Å². The Kier molecular flexibility index (Phi) is 1.42. The van der Waals surface area contributed by atoms with Gasteiger partial charge in [0.2, 0.25) is 5.91 Å². The van der Waals surface area contributed by atoms with E-state index >= 15 is 0 Å². The molecule has 62 valence electrons. The van der Waals surface area contributed by atoms with Crippen LogP contribution < -0.4 is 5.32 Å². The number of β-lactam (4-membered cyclic amide) rings is 1. The molecule has 1 amide bonds. The smallest absolute Gasteiger partial charge is 0.222 e. The van der Waals surface area contributed by atoms with Gasteiger partial charge in [0.25, 0.3) is 0 Å². The monoisotopic (exact) mass is 155 g/mol. The standard InChI is InChI=1S/C8H13NO2/c10-6-1-3-8(4-2-6)5-7(11)9-8/h6,10H,1-5H2,(H,9,11). The molecule has 1 aliphatic heterocycles. The Morgan fingerprint density at radius 2 is 2.00 bits per heavy atom. The summed E-state index contributed by atoms with van der Waals surface area (Å²) in [6.07, 6.45) is 4.17. The van der Waals surface area contributed by atoms with Crippen LogP contribution in [0, 0.1) is 0 Å². The molecule has 2 aliphatic rings. The molecule has 1 saturated carbocycles. The van der Waals surface area contributed by atoms with Crippen LogP contribution in [-0.4, -0.2) is 22.7 Å². The largest absolute Gasteiger partial charge is 0.393 e. The lowest BCUT2D eigenvalue weighted by Gasteiger charge is -2.46. The quantitative estimate of drug-likeness (QED) is 0.490. The second kappa shape index (κ2) is 2.21. The van der Waals surface area contributed by atoms with E-state index < -0.39 is 0 Å². The molecule has 3 nitrogen and oxygen atoms in total. The minimum atomic E-state index is -0.127. The van der Waals surface area contributed by atoms with Gasteiger partial charge in [-0.2, -0.15) is 0 Å². The molecule has 0 atom stereocenters. The van der Waals surface area contributed by atoms with Gasteiger partial charge >= 0.3 is 0 Å². The van der Waals surface area contributed by atoms with Gasteiger partial charge in [-0.1, -0.05) is 0 Å². The normalized spacial score (nSPS) is 43.4.